The molecule has 0 aromatic carbocycles. The Kier molecular flexibility index (Phi) is 2.29. The van der Waals surface area contributed by atoms with Gasteiger partial charge in [-0.2, -0.15) is 22.0 Å². The molecule has 0 atom stereocenters. The first-order valence-corrected chi connectivity index (χ1v) is 3.51. The SMILES string of the molecule is FC(F)(F)C(F)(F)CNC1CC1. The molecular formula is C6H8F5N. The average Bonchev–Trinajstić information content (AvgIpc) is 2.62. The maximum Gasteiger partial charge on any atom is 0.454 e. The van der Waals surface area contributed by atoms with Crippen molar-refractivity contribution in [2.45, 2.75) is 31.0 Å². The van der Waals surface area contributed by atoms with Crippen LogP contribution in [0.5, 0.6) is 0 Å². The van der Waals surface area contributed by atoms with E-state index >= 15 is 0 Å². The van der Waals surface area contributed by atoms with Crippen LogP contribution in [-0.4, -0.2) is 24.7 Å². The molecule has 1 nitrogen and oxygen atoms in total. The van der Waals surface area contributed by atoms with Crippen LogP contribution in [-0.2, 0) is 0 Å². The number of hydrogen-bond donors (Lipinski definition) is 1. The molecule has 0 spiro atoms. The lowest BCUT2D eigenvalue weighted by Gasteiger charge is -2.19. The van der Waals surface area contributed by atoms with Crippen LogP contribution in [0.3, 0.4) is 0 Å². The topological polar surface area (TPSA) is 12.0 Å². The minimum atomic E-state index is -5.44. The van der Waals surface area contributed by atoms with Crippen molar-refractivity contribution in [3.8, 4) is 0 Å². The van der Waals surface area contributed by atoms with Crippen molar-refractivity contribution in [1.82, 2.24) is 5.32 Å². The van der Waals surface area contributed by atoms with E-state index in [0.29, 0.717) is 12.8 Å². The smallest absolute Gasteiger partial charge is 0.308 e. The second kappa shape index (κ2) is 2.83. The Hall–Kier alpha value is -0.390. The van der Waals surface area contributed by atoms with Crippen molar-refractivity contribution >= 4 is 0 Å². The van der Waals surface area contributed by atoms with Crippen molar-refractivity contribution in [3.05, 3.63) is 0 Å². The molecule has 1 rings (SSSR count). The molecule has 1 N–H and O–H groups in total. The minimum absolute atomic E-state index is 0.141. The van der Waals surface area contributed by atoms with Crippen LogP contribution in [0.25, 0.3) is 0 Å². The Morgan fingerprint density at radius 1 is 1.08 bits per heavy atom. The molecule has 1 aliphatic carbocycles. The van der Waals surface area contributed by atoms with E-state index in [1.807, 2.05) is 0 Å². The molecule has 0 saturated heterocycles. The van der Waals surface area contributed by atoms with Crippen LogP contribution in [0.2, 0.25) is 0 Å². The molecule has 1 aliphatic rings. The van der Waals surface area contributed by atoms with Crippen molar-refractivity contribution in [1.29, 1.82) is 0 Å². The molecule has 6 heteroatoms. The normalized spacial score (nSPS) is 19.8. The molecule has 0 aliphatic heterocycles. The molecule has 1 fully saturated rings. The number of halogens is 5. The summed E-state index contributed by atoms with van der Waals surface area (Å²) < 4.78 is 58.8. The Bertz CT molecular complexity index is 160. The van der Waals surface area contributed by atoms with Crippen molar-refractivity contribution in [2.24, 2.45) is 0 Å². The lowest BCUT2D eigenvalue weighted by atomic mass is 10.3. The van der Waals surface area contributed by atoms with Gasteiger partial charge >= 0.3 is 12.1 Å². The molecule has 0 amide bonds. The zero-order valence-electron chi connectivity index (χ0n) is 6.09. The molecule has 72 valence electrons. The van der Waals surface area contributed by atoms with E-state index in [9.17, 15) is 22.0 Å². The minimum Gasteiger partial charge on any atom is -0.308 e. The first kappa shape index (κ1) is 9.70. The van der Waals surface area contributed by atoms with E-state index in [1.54, 1.807) is 0 Å². The summed E-state index contributed by atoms with van der Waals surface area (Å²) in [4.78, 5) is 0. The Labute approximate surface area is 65.9 Å². The highest BCUT2D eigenvalue weighted by Crippen LogP contribution is 2.35. The largest absolute Gasteiger partial charge is 0.454 e. The Morgan fingerprint density at radius 2 is 1.58 bits per heavy atom. The van der Waals surface area contributed by atoms with Gasteiger partial charge in [-0.15, -0.1) is 0 Å². The van der Waals surface area contributed by atoms with Gasteiger partial charge in [-0.3, -0.25) is 0 Å². The van der Waals surface area contributed by atoms with Gasteiger partial charge in [0.2, 0.25) is 0 Å². The van der Waals surface area contributed by atoms with E-state index in [1.165, 1.54) is 0 Å². The summed E-state index contributed by atoms with van der Waals surface area (Å²) in [5.41, 5.74) is 0. The van der Waals surface area contributed by atoms with Crippen LogP contribution >= 0.6 is 0 Å². The predicted octanol–water partition coefficient (Wildman–Crippen LogP) is 1.94. The zero-order valence-corrected chi connectivity index (χ0v) is 6.09. The maximum absolute atomic E-state index is 12.1. The Morgan fingerprint density at radius 3 is 1.92 bits per heavy atom. The second-order valence-corrected chi connectivity index (χ2v) is 2.86. The molecule has 0 radical (unpaired) electrons. The van der Waals surface area contributed by atoms with Gasteiger partial charge in [-0.1, -0.05) is 0 Å². The third kappa shape index (κ3) is 2.30. The number of rotatable bonds is 3. The fourth-order valence-electron chi connectivity index (χ4n) is 0.660. The van der Waals surface area contributed by atoms with Gasteiger partial charge < -0.3 is 5.32 Å². The summed E-state index contributed by atoms with van der Waals surface area (Å²) in [6.07, 6.45) is -4.06. The third-order valence-electron chi connectivity index (χ3n) is 1.60. The molecule has 0 aromatic heterocycles. The molecule has 1 saturated carbocycles. The monoisotopic (exact) mass is 189 g/mol. The number of nitrogens with one attached hydrogen (secondary N) is 1. The molecule has 0 aromatic rings. The van der Waals surface area contributed by atoms with Crippen LogP contribution in [0, 0.1) is 0 Å². The van der Waals surface area contributed by atoms with Gasteiger partial charge in [0.05, 0.1) is 6.54 Å². The molecule has 12 heavy (non-hydrogen) atoms. The summed E-state index contributed by atoms with van der Waals surface area (Å²) in [5, 5.41) is 2.13. The molecule has 0 bridgehead atoms. The van der Waals surface area contributed by atoms with Gasteiger partial charge in [0.1, 0.15) is 0 Å². The van der Waals surface area contributed by atoms with Gasteiger partial charge in [0.25, 0.3) is 0 Å². The van der Waals surface area contributed by atoms with Crippen LogP contribution in [0.1, 0.15) is 12.8 Å². The lowest BCUT2D eigenvalue weighted by molar-refractivity contribution is -0.279. The quantitative estimate of drug-likeness (QED) is 0.669. The number of alkyl halides is 5. The summed E-state index contributed by atoms with van der Waals surface area (Å²) in [5.74, 6) is -4.60. The van der Waals surface area contributed by atoms with E-state index in [4.69, 9.17) is 0 Å². The van der Waals surface area contributed by atoms with Gasteiger partial charge in [-0.25, -0.2) is 0 Å². The highest BCUT2D eigenvalue weighted by atomic mass is 19.4. The van der Waals surface area contributed by atoms with Gasteiger partial charge in [0, 0.05) is 6.04 Å². The Balaban J connectivity index is 2.35. The van der Waals surface area contributed by atoms with E-state index < -0.39 is 18.6 Å². The van der Waals surface area contributed by atoms with Crippen LogP contribution in [0.4, 0.5) is 22.0 Å². The van der Waals surface area contributed by atoms with E-state index in [0.717, 1.165) is 0 Å². The first-order chi connectivity index (χ1) is 5.33. The molecule has 0 unspecified atom stereocenters. The average molecular weight is 189 g/mol. The van der Waals surface area contributed by atoms with Crippen LogP contribution in [0.15, 0.2) is 0 Å². The highest BCUT2D eigenvalue weighted by molar-refractivity contribution is 4.86. The molecule has 0 heterocycles. The van der Waals surface area contributed by atoms with Crippen molar-refractivity contribution in [3.63, 3.8) is 0 Å². The maximum atomic E-state index is 12.1. The zero-order chi connectivity index (χ0) is 9.41. The fraction of sp³-hybridized carbons (Fsp3) is 1.00. The van der Waals surface area contributed by atoms with Crippen molar-refractivity contribution in [2.75, 3.05) is 6.54 Å². The van der Waals surface area contributed by atoms with Gasteiger partial charge in [-0.05, 0) is 12.8 Å². The molecular weight excluding hydrogens is 181 g/mol. The van der Waals surface area contributed by atoms with Crippen molar-refractivity contribution < 1.29 is 22.0 Å². The summed E-state index contributed by atoms with van der Waals surface area (Å²) in [7, 11) is 0. The first-order valence-electron chi connectivity index (χ1n) is 3.51. The highest BCUT2D eigenvalue weighted by Gasteiger charge is 2.57. The van der Waals surface area contributed by atoms with Crippen LogP contribution < -0.4 is 5.32 Å². The van der Waals surface area contributed by atoms with Gasteiger partial charge in [0.15, 0.2) is 0 Å². The number of hydrogen-bond acceptors (Lipinski definition) is 1. The summed E-state index contributed by atoms with van der Waals surface area (Å²) in [6, 6.07) is -0.141. The van der Waals surface area contributed by atoms with E-state index in [2.05, 4.69) is 5.32 Å². The summed E-state index contributed by atoms with van der Waals surface area (Å²) >= 11 is 0. The summed E-state index contributed by atoms with van der Waals surface area (Å²) in [6.45, 7) is -1.30. The fourth-order valence-corrected chi connectivity index (χ4v) is 0.660. The lowest BCUT2D eigenvalue weighted by Crippen LogP contribution is -2.45. The standard InChI is InChI=1S/C6H8F5N/c7-5(8,6(9,10)11)3-12-4-1-2-4/h4,12H,1-3H2. The second-order valence-electron chi connectivity index (χ2n) is 2.86. The third-order valence-corrected chi connectivity index (χ3v) is 1.60. The van der Waals surface area contributed by atoms with E-state index in [-0.39, 0.29) is 6.04 Å². The predicted molar refractivity (Wildman–Crippen MR) is 32.0 cm³/mol.